The van der Waals surface area contributed by atoms with Crippen molar-refractivity contribution < 1.29 is 23.7 Å². The van der Waals surface area contributed by atoms with E-state index < -0.39 is 6.10 Å². The molecule has 122 valence electrons. The largest absolute Gasteiger partial charge is 0.467 e. The minimum Gasteiger partial charge on any atom is -0.467 e. The molecule has 0 aromatic carbocycles. The molecule has 6 heteroatoms. The Morgan fingerprint density at radius 2 is 2.14 bits per heavy atom. The van der Waals surface area contributed by atoms with Crippen molar-refractivity contribution in [2.45, 2.75) is 25.6 Å². The first kappa shape index (κ1) is 18.1. The second-order valence-electron chi connectivity index (χ2n) is 4.76. The smallest absolute Gasteiger partial charge is 0.129 e. The van der Waals surface area contributed by atoms with E-state index in [1.165, 1.54) is 0 Å². The lowest BCUT2D eigenvalue weighted by molar-refractivity contribution is 0.0226. The lowest BCUT2D eigenvalue weighted by atomic mass is 10.3. The minimum atomic E-state index is -0.502. The van der Waals surface area contributed by atoms with E-state index >= 15 is 0 Å². The summed E-state index contributed by atoms with van der Waals surface area (Å²) < 4.78 is 20.7. The standard InChI is InChI=1S/C15H27NO5/c1-18-9-10-19-7-3-2-6-16-11-14(17)12-20-13-15-5-4-8-21-15/h4-5,8,14,16-17H,2-3,6-7,9-13H2,1H3. The summed E-state index contributed by atoms with van der Waals surface area (Å²) in [7, 11) is 1.66. The van der Waals surface area contributed by atoms with Crippen LogP contribution in [0.15, 0.2) is 22.8 Å². The third kappa shape index (κ3) is 10.4. The zero-order valence-corrected chi connectivity index (χ0v) is 12.8. The van der Waals surface area contributed by atoms with Crippen molar-refractivity contribution in [1.29, 1.82) is 0 Å². The number of methoxy groups -OCH3 is 1. The highest BCUT2D eigenvalue weighted by Crippen LogP contribution is 2.01. The van der Waals surface area contributed by atoms with Crippen LogP contribution in [-0.4, -0.2) is 57.8 Å². The van der Waals surface area contributed by atoms with Gasteiger partial charge >= 0.3 is 0 Å². The first-order chi connectivity index (χ1) is 10.3. The summed E-state index contributed by atoms with van der Waals surface area (Å²) >= 11 is 0. The van der Waals surface area contributed by atoms with Crippen molar-refractivity contribution in [3.8, 4) is 0 Å². The molecule has 0 spiro atoms. The average molecular weight is 301 g/mol. The molecule has 0 saturated heterocycles. The van der Waals surface area contributed by atoms with Crippen molar-refractivity contribution in [2.75, 3.05) is 46.6 Å². The number of unbranched alkanes of at least 4 members (excludes halogenated alkanes) is 1. The molecule has 0 bridgehead atoms. The molecule has 1 aromatic rings. The van der Waals surface area contributed by atoms with Crippen LogP contribution in [0.1, 0.15) is 18.6 Å². The fourth-order valence-corrected chi connectivity index (χ4v) is 1.72. The molecule has 1 rings (SSSR count). The third-order valence-corrected chi connectivity index (χ3v) is 2.84. The van der Waals surface area contributed by atoms with Gasteiger partial charge in [-0.3, -0.25) is 0 Å². The van der Waals surface area contributed by atoms with E-state index in [1.54, 1.807) is 13.4 Å². The monoisotopic (exact) mass is 301 g/mol. The molecule has 0 aliphatic heterocycles. The van der Waals surface area contributed by atoms with Crippen molar-refractivity contribution >= 4 is 0 Å². The maximum absolute atomic E-state index is 9.72. The van der Waals surface area contributed by atoms with Gasteiger partial charge in [-0.1, -0.05) is 0 Å². The number of furan rings is 1. The lowest BCUT2D eigenvalue weighted by Gasteiger charge is -2.12. The van der Waals surface area contributed by atoms with Crippen LogP contribution in [0.25, 0.3) is 0 Å². The molecule has 0 aliphatic carbocycles. The fraction of sp³-hybridized carbons (Fsp3) is 0.733. The molecule has 1 atom stereocenters. The van der Waals surface area contributed by atoms with E-state index in [0.717, 1.165) is 31.8 Å². The molecule has 2 N–H and O–H groups in total. The van der Waals surface area contributed by atoms with Crippen LogP contribution in [0.4, 0.5) is 0 Å². The van der Waals surface area contributed by atoms with Crippen LogP contribution in [0.3, 0.4) is 0 Å². The highest BCUT2D eigenvalue weighted by molar-refractivity contribution is 4.96. The number of aliphatic hydroxyl groups excluding tert-OH is 1. The van der Waals surface area contributed by atoms with E-state index in [2.05, 4.69) is 5.32 Å². The van der Waals surface area contributed by atoms with Gasteiger partial charge in [0.25, 0.3) is 0 Å². The normalized spacial score (nSPS) is 12.7. The molecular formula is C15H27NO5. The summed E-state index contributed by atoms with van der Waals surface area (Å²) in [6.45, 7) is 4.13. The number of aliphatic hydroxyl groups is 1. The lowest BCUT2D eigenvalue weighted by Crippen LogP contribution is -2.31. The van der Waals surface area contributed by atoms with Gasteiger partial charge in [0.15, 0.2) is 0 Å². The molecule has 1 heterocycles. The van der Waals surface area contributed by atoms with E-state index in [9.17, 15) is 5.11 Å². The van der Waals surface area contributed by atoms with Crippen LogP contribution >= 0.6 is 0 Å². The zero-order chi connectivity index (χ0) is 15.2. The van der Waals surface area contributed by atoms with Gasteiger partial charge < -0.3 is 29.1 Å². The quantitative estimate of drug-likeness (QED) is 0.503. The maximum atomic E-state index is 9.72. The first-order valence-corrected chi connectivity index (χ1v) is 7.38. The van der Waals surface area contributed by atoms with Gasteiger partial charge in [-0.15, -0.1) is 0 Å². The molecule has 0 fully saturated rings. The summed E-state index contributed by atoms with van der Waals surface area (Å²) in [4.78, 5) is 0. The van der Waals surface area contributed by atoms with Crippen LogP contribution in [0, 0.1) is 0 Å². The third-order valence-electron chi connectivity index (χ3n) is 2.84. The fourth-order valence-electron chi connectivity index (χ4n) is 1.72. The van der Waals surface area contributed by atoms with Crippen LogP contribution in [-0.2, 0) is 20.8 Å². The van der Waals surface area contributed by atoms with E-state index in [1.807, 2.05) is 12.1 Å². The topological polar surface area (TPSA) is 73.1 Å². The number of rotatable bonds is 14. The van der Waals surface area contributed by atoms with Gasteiger partial charge in [0.1, 0.15) is 12.4 Å². The molecule has 1 unspecified atom stereocenters. The van der Waals surface area contributed by atoms with Gasteiger partial charge in [-0.05, 0) is 31.5 Å². The highest BCUT2D eigenvalue weighted by atomic mass is 16.5. The predicted molar refractivity (Wildman–Crippen MR) is 79.2 cm³/mol. The van der Waals surface area contributed by atoms with Crippen molar-refractivity contribution in [1.82, 2.24) is 5.32 Å². The molecule has 0 radical (unpaired) electrons. The van der Waals surface area contributed by atoms with Crippen LogP contribution in [0.5, 0.6) is 0 Å². The molecule has 21 heavy (non-hydrogen) atoms. The van der Waals surface area contributed by atoms with Gasteiger partial charge in [-0.25, -0.2) is 0 Å². The van der Waals surface area contributed by atoms with E-state index in [4.69, 9.17) is 18.6 Å². The Morgan fingerprint density at radius 3 is 2.90 bits per heavy atom. The Balaban J connectivity index is 1.81. The average Bonchev–Trinajstić information content (AvgIpc) is 2.99. The summed E-state index contributed by atoms with van der Waals surface area (Å²) in [6, 6.07) is 3.66. The number of ether oxygens (including phenoxy) is 3. The molecule has 0 amide bonds. The minimum absolute atomic E-state index is 0.299. The molecular weight excluding hydrogens is 274 g/mol. The Morgan fingerprint density at radius 1 is 1.24 bits per heavy atom. The highest BCUT2D eigenvalue weighted by Gasteiger charge is 2.04. The second kappa shape index (κ2) is 12.8. The maximum Gasteiger partial charge on any atom is 0.129 e. The Bertz CT molecular complexity index is 318. The number of hydrogen-bond acceptors (Lipinski definition) is 6. The zero-order valence-electron chi connectivity index (χ0n) is 12.8. The molecule has 0 aliphatic rings. The second-order valence-corrected chi connectivity index (χ2v) is 4.76. The summed E-state index contributed by atoms with van der Waals surface area (Å²) in [5.74, 6) is 0.767. The summed E-state index contributed by atoms with van der Waals surface area (Å²) in [5.41, 5.74) is 0. The predicted octanol–water partition coefficient (Wildman–Crippen LogP) is 1.19. The molecule has 0 saturated carbocycles. The first-order valence-electron chi connectivity index (χ1n) is 7.38. The Labute approximate surface area is 126 Å². The summed E-state index contributed by atoms with van der Waals surface area (Å²) in [6.07, 6.45) is 3.13. The number of nitrogens with one attached hydrogen (secondary N) is 1. The SMILES string of the molecule is COCCOCCCCNCC(O)COCc1ccco1. The van der Waals surface area contributed by atoms with Crippen LogP contribution in [0.2, 0.25) is 0 Å². The van der Waals surface area contributed by atoms with Crippen molar-refractivity contribution in [3.05, 3.63) is 24.2 Å². The Kier molecular flexibility index (Phi) is 11.0. The van der Waals surface area contributed by atoms with Gasteiger partial charge in [0.2, 0.25) is 0 Å². The van der Waals surface area contributed by atoms with E-state index in [-0.39, 0.29) is 0 Å². The molecule has 1 aromatic heterocycles. The van der Waals surface area contributed by atoms with Gasteiger partial charge in [0, 0.05) is 20.3 Å². The van der Waals surface area contributed by atoms with E-state index in [0.29, 0.717) is 33.0 Å². The van der Waals surface area contributed by atoms with Crippen molar-refractivity contribution in [2.24, 2.45) is 0 Å². The van der Waals surface area contributed by atoms with Crippen molar-refractivity contribution in [3.63, 3.8) is 0 Å². The number of hydrogen-bond donors (Lipinski definition) is 2. The molecule has 6 nitrogen and oxygen atoms in total. The Hall–Kier alpha value is -0.920. The van der Waals surface area contributed by atoms with Crippen LogP contribution < -0.4 is 5.32 Å². The van der Waals surface area contributed by atoms with Gasteiger partial charge in [0.05, 0.1) is 32.2 Å². The summed E-state index contributed by atoms with van der Waals surface area (Å²) in [5, 5.41) is 12.9. The van der Waals surface area contributed by atoms with Gasteiger partial charge in [-0.2, -0.15) is 0 Å².